The summed E-state index contributed by atoms with van der Waals surface area (Å²) in [5.41, 5.74) is 2.91. The summed E-state index contributed by atoms with van der Waals surface area (Å²) in [4.78, 5) is 19.3. The van der Waals surface area contributed by atoms with Gasteiger partial charge in [-0.1, -0.05) is 0 Å². The van der Waals surface area contributed by atoms with Gasteiger partial charge in [0.05, 0.1) is 24.3 Å². The number of benzene rings is 1. The van der Waals surface area contributed by atoms with Crippen molar-refractivity contribution >= 4 is 28.5 Å². The van der Waals surface area contributed by atoms with Crippen LogP contribution in [0, 0.1) is 5.82 Å². The highest BCUT2D eigenvalue weighted by Crippen LogP contribution is 2.31. The molecular weight excluding hydrogens is 411 g/mol. The lowest BCUT2D eigenvalue weighted by molar-refractivity contribution is 0.510. The van der Waals surface area contributed by atoms with Crippen LogP contribution in [0.25, 0.3) is 27.9 Å². The molecule has 0 unspecified atom stereocenters. The molecule has 162 valence electrons. The van der Waals surface area contributed by atoms with E-state index in [9.17, 15) is 4.39 Å². The summed E-state index contributed by atoms with van der Waals surface area (Å²) in [6.45, 7) is 2.11. The van der Waals surface area contributed by atoms with Crippen LogP contribution in [0.1, 0.15) is 11.4 Å². The highest BCUT2D eigenvalue weighted by atomic mass is 19.1. The Morgan fingerprint density at radius 3 is 2.94 bits per heavy atom. The molecule has 5 rings (SSSR count). The summed E-state index contributed by atoms with van der Waals surface area (Å²) in [7, 11) is 3.41. The summed E-state index contributed by atoms with van der Waals surface area (Å²) in [6.07, 6.45) is 6.40. The van der Waals surface area contributed by atoms with Gasteiger partial charge >= 0.3 is 0 Å². The lowest BCUT2D eigenvalue weighted by Gasteiger charge is -2.27. The van der Waals surface area contributed by atoms with Crippen molar-refractivity contribution in [2.45, 2.75) is 13.1 Å². The quantitative estimate of drug-likeness (QED) is 0.464. The molecular formula is C21H21FN10. The fraction of sp³-hybridized carbons (Fsp3) is 0.238. The minimum Gasteiger partial charge on any atom is -0.393 e. The Balaban J connectivity index is 1.55. The van der Waals surface area contributed by atoms with Gasteiger partial charge in [-0.2, -0.15) is 10.2 Å². The molecule has 0 bridgehead atoms. The van der Waals surface area contributed by atoms with Gasteiger partial charge in [0.15, 0.2) is 0 Å². The number of nitrogens with one attached hydrogen (secondary N) is 2. The Kier molecular flexibility index (Phi) is 5.06. The lowest BCUT2D eigenvalue weighted by Crippen LogP contribution is -2.34. The zero-order valence-electron chi connectivity index (χ0n) is 17.6. The molecule has 0 amide bonds. The molecule has 2 N–H and O–H groups in total. The van der Waals surface area contributed by atoms with Crippen molar-refractivity contribution in [3.63, 3.8) is 0 Å². The average Bonchev–Trinajstić information content (AvgIpc) is 3.44. The smallest absolute Gasteiger partial charge is 0.146 e. The highest BCUT2D eigenvalue weighted by molar-refractivity contribution is 6.11. The Labute approximate surface area is 182 Å². The first-order chi connectivity index (χ1) is 15.7. The van der Waals surface area contributed by atoms with Crippen LogP contribution in [-0.2, 0) is 13.1 Å². The van der Waals surface area contributed by atoms with Crippen molar-refractivity contribution in [3.8, 4) is 11.4 Å². The van der Waals surface area contributed by atoms with Crippen molar-refractivity contribution < 1.29 is 4.39 Å². The van der Waals surface area contributed by atoms with Crippen molar-refractivity contribution in [3.05, 3.63) is 54.3 Å². The number of aliphatic imine (C=N–C) groups is 1. The summed E-state index contributed by atoms with van der Waals surface area (Å²) in [5, 5.41) is 15.2. The second-order valence-corrected chi connectivity index (χ2v) is 7.31. The maximum atomic E-state index is 14.8. The number of hydrogen-bond acceptors (Lipinski definition) is 8. The number of allylic oxidation sites excluding steroid dienone is 1. The zero-order valence-corrected chi connectivity index (χ0v) is 17.6. The van der Waals surface area contributed by atoms with Gasteiger partial charge in [0.2, 0.25) is 0 Å². The molecule has 4 aromatic rings. The first kappa shape index (κ1) is 19.8. The van der Waals surface area contributed by atoms with Crippen LogP contribution in [0.3, 0.4) is 0 Å². The largest absolute Gasteiger partial charge is 0.393 e. The molecule has 4 heterocycles. The first-order valence-electron chi connectivity index (χ1n) is 10.1. The van der Waals surface area contributed by atoms with Gasteiger partial charge in [-0.25, -0.2) is 24.0 Å². The number of rotatable bonds is 5. The minimum absolute atomic E-state index is 0.366. The van der Waals surface area contributed by atoms with E-state index in [4.69, 9.17) is 0 Å². The number of aromatic nitrogens is 7. The van der Waals surface area contributed by atoms with Gasteiger partial charge in [0.1, 0.15) is 35.8 Å². The fourth-order valence-electron chi connectivity index (χ4n) is 3.84. The second-order valence-electron chi connectivity index (χ2n) is 7.31. The SMILES string of the molecule is CN=C/C(=C\NC)c1cc2c(-c3cc(N4CCn5ncnc5C4)ncn3)n[nH]c2cc1F. The normalized spacial score (nSPS) is 14.3. The maximum Gasteiger partial charge on any atom is 0.146 e. The van der Waals surface area contributed by atoms with E-state index >= 15 is 0 Å². The molecule has 0 aliphatic carbocycles. The molecule has 0 atom stereocenters. The van der Waals surface area contributed by atoms with Crippen LogP contribution >= 0.6 is 0 Å². The van der Waals surface area contributed by atoms with Crippen LogP contribution in [-0.4, -0.2) is 61.8 Å². The number of H-pyrrole nitrogens is 1. The molecule has 0 spiro atoms. The first-order valence-corrected chi connectivity index (χ1v) is 10.1. The van der Waals surface area contributed by atoms with Crippen molar-refractivity contribution in [2.75, 3.05) is 25.5 Å². The number of anilines is 1. The van der Waals surface area contributed by atoms with E-state index in [1.807, 2.05) is 10.7 Å². The van der Waals surface area contributed by atoms with Crippen LogP contribution < -0.4 is 10.2 Å². The van der Waals surface area contributed by atoms with Crippen LogP contribution in [0.2, 0.25) is 0 Å². The van der Waals surface area contributed by atoms with E-state index in [0.717, 1.165) is 30.1 Å². The van der Waals surface area contributed by atoms with Crippen LogP contribution in [0.5, 0.6) is 0 Å². The van der Waals surface area contributed by atoms with Gasteiger partial charge in [0.25, 0.3) is 0 Å². The minimum atomic E-state index is -0.366. The van der Waals surface area contributed by atoms with Crippen molar-refractivity contribution in [2.24, 2.45) is 4.99 Å². The Hall–Kier alpha value is -4.15. The van der Waals surface area contributed by atoms with Gasteiger partial charge in [0, 0.05) is 61.7 Å². The predicted molar refractivity (Wildman–Crippen MR) is 120 cm³/mol. The monoisotopic (exact) mass is 432 g/mol. The molecule has 0 fully saturated rings. The van der Waals surface area contributed by atoms with Gasteiger partial charge < -0.3 is 10.2 Å². The van der Waals surface area contributed by atoms with E-state index in [1.54, 1.807) is 38.9 Å². The van der Waals surface area contributed by atoms with Crippen molar-refractivity contribution in [1.29, 1.82) is 0 Å². The molecule has 0 saturated heterocycles. The molecule has 0 saturated carbocycles. The molecule has 1 aliphatic heterocycles. The van der Waals surface area contributed by atoms with E-state index in [2.05, 4.69) is 45.5 Å². The Morgan fingerprint density at radius 1 is 1.19 bits per heavy atom. The maximum absolute atomic E-state index is 14.8. The highest BCUT2D eigenvalue weighted by Gasteiger charge is 2.21. The number of halogens is 1. The molecule has 1 aromatic carbocycles. The Bertz CT molecular complexity index is 1340. The number of fused-ring (bicyclic) bond motifs is 2. The van der Waals surface area contributed by atoms with Gasteiger partial charge in [-0.15, -0.1) is 0 Å². The summed E-state index contributed by atoms with van der Waals surface area (Å²) < 4.78 is 16.7. The van der Waals surface area contributed by atoms with Gasteiger partial charge in [-0.3, -0.25) is 10.1 Å². The summed E-state index contributed by atoms with van der Waals surface area (Å²) >= 11 is 0. The third kappa shape index (κ3) is 3.47. The van der Waals surface area contributed by atoms with E-state index in [0.29, 0.717) is 34.6 Å². The standard InChI is InChI=1S/C21H21FN10/c1-23-8-13(9-24-2)14-5-15-17(6-16(14)22)29-30-21(15)18-7-19(26-11-25-18)31-3-4-32-20(10-31)27-12-28-32/h5-9,11-12,23H,3-4,10H2,1-2H3,(H,29,30)/b13-8+,24-9?. The van der Waals surface area contributed by atoms with E-state index < -0.39 is 0 Å². The Morgan fingerprint density at radius 2 is 2.09 bits per heavy atom. The molecule has 11 heteroatoms. The average molecular weight is 432 g/mol. The lowest BCUT2D eigenvalue weighted by atomic mass is 10.0. The fourth-order valence-corrected chi connectivity index (χ4v) is 3.84. The molecule has 3 aromatic heterocycles. The predicted octanol–water partition coefficient (Wildman–Crippen LogP) is 2.03. The topological polar surface area (TPSA) is 113 Å². The van der Waals surface area contributed by atoms with E-state index in [1.165, 1.54) is 12.4 Å². The van der Waals surface area contributed by atoms with Gasteiger partial charge in [-0.05, 0) is 6.07 Å². The summed E-state index contributed by atoms with van der Waals surface area (Å²) in [6, 6.07) is 5.09. The summed E-state index contributed by atoms with van der Waals surface area (Å²) in [5.74, 6) is 1.30. The zero-order chi connectivity index (χ0) is 22.1. The number of aromatic amines is 1. The number of hydrogen-bond donors (Lipinski definition) is 2. The molecule has 0 radical (unpaired) electrons. The third-order valence-corrected chi connectivity index (χ3v) is 5.36. The molecule has 32 heavy (non-hydrogen) atoms. The van der Waals surface area contributed by atoms with Crippen LogP contribution in [0.4, 0.5) is 10.2 Å². The number of nitrogens with zero attached hydrogens (tertiary/aromatic N) is 8. The molecule has 1 aliphatic rings. The van der Waals surface area contributed by atoms with E-state index in [-0.39, 0.29) is 5.82 Å². The second kappa shape index (κ2) is 8.17. The van der Waals surface area contributed by atoms with Crippen molar-refractivity contribution in [1.82, 2.24) is 40.2 Å². The third-order valence-electron chi connectivity index (χ3n) is 5.36. The molecule has 10 nitrogen and oxygen atoms in total. The van der Waals surface area contributed by atoms with Crippen LogP contribution in [0.15, 0.2) is 42.0 Å².